The third-order valence-electron chi connectivity index (χ3n) is 2.11. The monoisotopic (exact) mass is 188 g/mol. The minimum atomic E-state index is -0.805. The average Bonchev–Trinajstić information content (AvgIpc) is 2.03. The van der Waals surface area contributed by atoms with Crippen molar-refractivity contribution in [3.63, 3.8) is 0 Å². The van der Waals surface area contributed by atoms with Crippen molar-refractivity contribution < 1.29 is 19.4 Å². The Morgan fingerprint density at radius 2 is 2.46 bits per heavy atom. The number of hydrogen-bond acceptors (Lipinski definition) is 3. The van der Waals surface area contributed by atoms with Gasteiger partial charge >= 0.3 is 5.97 Å². The molecule has 76 valence electrons. The summed E-state index contributed by atoms with van der Waals surface area (Å²) in [6, 6.07) is 0. The van der Waals surface area contributed by atoms with Gasteiger partial charge < -0.3 is 14.6 Å². The fourth-order valence-corrected chi connectivity index (χ4v) is 1.42. The predicted molar refractivity (Wildman–Crippen MR) is 46.6 cm³/mol. The molecule has 13 heavy (non-hydrogen) atoms. The smallest absolute Gasteiger partial charge is 0.305 e. The number of ether oxygens (including phenoxy) is 2. The maximum Gasteiger partial charge on any atom is 0.305 e. The van der Waals surface area contributed by atoms with Crippen molar-refractivity contribution in [2.75, 3.05) is 13.2 Å². The lowest BCUT2D eigenvalue weighted by atomic mass is 10.1. The summed E-state index contributed by atoms with van der Waals surface area (Å²) in [6.45, 7) is 3.04. The van der Waals surface area contributed by atoms with Crippen molar-refractivity contribution in [1.82, 2.24) is 0 Å². The minimum absolute atomic E-state index is 0.0890. The molecule has 0 aromatic heterocycles. The van der Waals surface area contributed by atoms with Crippen molar-refractivity contribution in [2.45, 2.75) is 38.4 Å². The Balaban J connectivity index is 2.10. The number of aliphatic carboxylic acids is 1. The van der Waals surface area contributed by atoms with Crippen LogP contribution in [0.5, 0.6) is 0 Å². The fourth-order valence-electron chi connectivity index (χ4n) is 1.42. The first kappa shape index (κ1) is 10.5. The molecular formula is C9H16O4. The molecule has 1 N–H and O–H groups in total. The Hall–Kier alpha value is -0.610. The fraction of sp³-hybridized carbons (Fsp3) is 0.889. The van der Waals surface area contributed by atoms with Crippen LogP contribution in [0.1, 0.15) is 26.2 Å². The molecule has 1 rings (SSSR count). The summed E-state index contributed by atoms with van der Waals surface area (Å²) in [5.41, 5.74) is 0. The summed E-state index contributed by atoms with van der Waals surface area (Å²) in [5.74, 6) is -0.805. The molecule has 0 spiro atoms. The molecule has 0 aromatic rings. The maximum absolute atomic E-state index is 10.2. The first-order chi connectivity index (χ1) is 6.18. The van der Waals surface area contributed by atoms with Gasteiger partial charge in [-0.15, -0.1) is 0 Å². The van der Waals surface area contributed by atoms with E-state index < -0.39 is 5.97 Å². The van der Waals surface area contributed by atoms with Crippen LogP contribution in [0.2, 0.25) is 0 Å². The lowest BCUT2D eigenvalue weighted by Crippen LogP contribution is -2.29. The van der Waals surface area contributed by atoms with Crippen molar-refractivity contribution in [1.29, 1.82) is 0 Å². The third-order valence-corrected chi connectivity index (χ3v) is 2.11. The number of carboxylic acids is 1. The molecule has 1 heterocycles. The Labute approximate surface area is 77.8 Å². The van der Waals surface area contributed by atoms with Crippen molar-refractivity contribution in [3.8, 4) is 0 Å². The Morgan fingerprint density at radius 3 is 3.08 bits per heavy atom. The van der Waals surface area contributed by atoms with Crippen molar-refractivity contribution in [3.05, 3.63) is 0 Å². The number of rotatable bonds is 4. The zero-order chi connectivity index (χ0) is 9.68. The van der Waals surface area contributed by atoms with Gasteiger partial charge in [-0.25, -0.2) is 0 Å². The lowest BCUT2D eigenvalue weighted by molar-refractivity contribution is -0.139. The van der Waals surface area contributed by atoms with E-state index in [1.54, 1.807) is 0 Å². The van der Waals surface area contributed by atoms with Crippen LogP contribution in [-0.2, 0) is 14.3 Å². The second-order valence-electron chi connectivity index (χ2n) is 3.34. The highest BCUT2D eigenvalue weighted by Gasteiger charge is 2.19. The van der Waals surface area contributed by atoms with Gasteiger partial charge in [-0.1, -0.05) is 0 Å². The Bertz CT molecular complexity index is 169. The van der Waals surface area contributed by atoms with Crippen LogP contribution in [0.25, 0.3) is 0 Å². The largest absolute Gasteiger partial charge is 0.481 e. The van der Waals surface area contributed by atoms with Gasteiger partial charge in [0.2, 0.25) is 0 Å². The van der Waals surface area contributed by atoms with Gasteiger partial charge in [-0.3, -0.25) is 4.79 Å². The third kappa shape index (κ3) is 4.24. The molecule has 0 saturated carbocycles. The SMILES string of the molecule is CC1CC(OCCC(=O)O)CCO1. The normalized spacial score (nSPS) is 28.7. The molecule has 2 unspecified atom stereocenters. The molecule has 4 nitrogen and oxygen atoms in total. The summed E-state index contributed by atoms with van der Waals surface area (Å²) in [5, 5.41) is 8.39. The molecule has 1 fully saturated rings. The zero-order valence-corrected chi connectivity index (χ0v) is 7.86. The van der Waals surface area contributed by atoms with Crippen LogP contribution in [0, 0.1) is 0 Å². The van der Waals surface area contributed by atoms with E-state index in [9.17, 15) is 4.79 Å². The molecule has 4 heteroatoms. The summed E-state index contributed by atoms with van der Waals surface area (Å²) < 4.78 is 10.7. The minimum Gasteiger partial charge on any atom is -0.481 e. The molecule has 1 saturated heterocycles. The Morgan fingerprint density at radius 1 is 1.69 bits per heavy atom. The first-order valence-electron chi connectivity index (χ1n) is 4.63. The van der Waals surface area contributed by atoms with Crippen LogP contribution in [0.3, 0.4) is 0 Å². The summed E-state index contributed by atoms with van der Waals surface area (Å²) in [6.07, 6.45) is 2.27. The molecule has 0 aromatic carbocycles. The number of hydrogen-bond donors (Lipinski definition) is 1. The molecule has 0 radical (unpaired) electrons. The van der Waals surface area contributed by atoms with E-state index in [-0.39, 0.29) is 18.6 Å². The average molecular weight is 188 g/mol. The molecule has 2 atom stereocenters. The van der Waals surface area contributed by atoms with E-state index in [2.05, 4.69) is 0 Å². The van der Waals surface area contributed by atoms with E-state index >= 15 is 0 Å². The van der Waals surface area contributed by atoms with Gasteiger partial charge in [-0.2, -0.15) is 0 Å². The summed E-state index contributed by atoms with van der Waals surface area (Å²) >= 11 is 0. The van der Waals surface area contributed by atoms with Crippen molar-refractivity contribution >= 4 is 5.97 Å². The van der Waals surface area contributed by atoms with Crippen LogP contribution in [-0.4, -0.2) is 36.5 Å². The highest BCUT2D eigenvalue weighted by atomic mass is 16.5. The van der Waals surface area contributed by atoms with Gasteiger partial charge in [0, 0.05) is 6.61 Å². The number of carbonyl (C=O) groups is 1. The second-order valence-corrected chi connectivity index (χ2v) is 3.34. The van der Waals surface area contributed by atoms with Gasteiger partial charge in [0.05, 0.1) is 25.2 Å². The van der Waals surface area contributed by atoms with Crippen LogP contribution >= 0.6 is 0 Å². The maximum atomic E-state index is 10.2. The second kappa shape index (κ2) is 5.19. The molecule has 0 bridgehead atoms. The molecule has 0 aliphatic carbocycles. The quantitative estimate of drug-likeness (QED) is 0.716. The molecular weight excluding hydrogens is 172 g/mol. The highest BCUT2D eigenvalue weighted by Crippen LogP contribution is 2.16. The van der Waals surface area contributed by atoms with Gasteiger partial charge in [0.15, 0.2) is 0 Å². The zero-order valence-electron chi connectivity index (χ0n) is 7.86. The van der Waals surface area contributed by atoms with E-state index in [1.807, 2.05) is 6.92 Å². The van der Waals surface area contributed by atoms with Crippen LogP contribution < -0.4 is 0 Å². The van der Waals surface area contributed by atoms with Gasteiger partial charge in [-0.05, 0) is 19.8 Å². The van der Waals surface area contributed by atoms with E-state index in [0.717, 1.165) is 19.4 Å². The van der Waals surface area contributed by atoms with E-state index in [0.29, 0.717) is 6.61 Å². The first-order valence-corrected chi connectivity index (χ1v) is 4.63. The topological polar surface area (TPSA) is 55.8 Å². The van der Waals surface area contributed by atoms with Gasteiger partial charge in [0.1, 0.15) is 0 Å². The van der Waals surface area contributed by atoms with E-state index in [4.69, 9.17) is 14.6 Å². The summed E-state index contributed by atoms with van der Waals surface area (Å²) in [7, 11) is 0. The van der Waals surface area contributed by atoms with Crippen LogP contribution in [0.4, 0.5) is 0 Å². The van der Waals surface area contributed by atoms with Crippen molar-refractivity contribution in [2.24, 2.45) is 0 Å². The van der Waals surface area contributed by atoms with E-state index in [1.165, 1.54) is 0 Å². The standard InChI is InChI=1S/C9H16O4/c1-7-6-8(2-4-12-7)13-5-3-9(10)11/h7-8H,2-6H2,1H3,(H,10,11). The molecule has 0 amide bonds. The Kier molecular flexibility index (Phi) is 4.18. The van der Waals surface area contributed by atoms with Gasteiger partial charge in [0.25, 0.3) is 0 Å². The van der Waals surface area contributed by atoms with Crippen LogP contribution in [0.15, 0.2) is 0 Å². The lowest BCUT2D eigenvalue weighted by Gasteiger charge is -2.27. The summed E-state index contributed by atoms with van der Waals surface area (Å²) in [4.78, 5) is 10.2. The highest BCUT2D eigenvalue weighted by molar-refractivity contribution is 5.66. The predicted octanol–water partition coefficient (Wildman–Crippen LogP) is 1.05. The molecule has 1 aliphatic heterocycles. The molecule has 1 aliphatic rings. The number of carboxylic acid groups (broad SMARTS) is 1.